The first kappa shape index (κ1) is 9.33. The van der Waals surface area contributed by atoms with Crippen molar-refractivity contribution >= 4 is 11.8 Å². The largest absolute Gasteiger partial charge is 0.327 e. The molecule has 2 N–H and O–H groups in total. The number of alkyl halides is 1. The van der Waals surface area contributed by atoms with E-state index < -0.39 is 6.17 Å². The molecule has 0 amide bonds. The first-order valence-corrected chi connectivity index (χ1v) is 5.33. The zero-order valence-corrected chi connectivity index (χ0v) is 7.74. The van der Waals surface area contributed by atoms with Gasteiger partial charge in [-0.3, -0.25) is 0 Å². The topological polar surface area (TPSA) is 26.0 Å². The summed E-state index contributed by atoms with van der Waals surface area (Å²) in [5.74, 6) is 2.60. The summed E-state index contributed by atoms with van der Waals surface area (Å²) in [6.45, 7) is 1.62. The minimum Gasteiger partial charge on any atom is -0.327 e. The van der Waals surface area contributed by atoms with Crippen LogP contribution >= 0.6 is 11.8 Å². The second-order valence-electron chi connectivity index (χ2n) is 3.30. The van der Waals surface area contributed by atoms with E-state index in [2.05, 4.69) is 0 Å². The van der Waals surface area contributed by atoms with Gasteiger partial charge in [-0.15, -0.1) is 0 Å². The molecule has 1 rings (SSSR count). The molecule has 1 heterocycles. The Morgan fingerprint density at radius 3 is 3.00 bits per heavy atom. The zero-order chi connectivity index (χ0) is 8.27. The predicted octanol–water partition coefficient (Wildman–Crippen LogP) is 1.81. The number of nitrogens with two attached hydrogens (primary N) is 1. The summed E-state index contributed by atoms with van der Waals surface area (Å²) in [5, 5.41) is 0. The maximum Gasteiger partial charge on any atom is 0.0976 e. The fourth-order valence-corrected chi connectivity index (χ4v) is 2.69. The van der Waals surface area contributed by atoms with Crippen LogP contribution in [0.2, 0.25) is 0 Å². The lowest BCUT2D eigenvalue weighted by Gasteiger charge is -2.28. The van der Waals surface area contributed by atoms with E-state index in [-0.39, 0.29) is 6.04 Å². The molecule has 1 saturated heterocycles. The third-order valence-electron chi connectivity index (χ3n) is 2.18. The summed E-state index contributed by atoms with van der Waals surface area (Å²) < 4.78 is 12.6. The Morgan fingerprint density at radius 2 is 2.45 bits per heavy atom. The molecule has 3 unspecified atom stereocenters. The van der Waals surface area contributed by atoms with Crippen LogP contribution in [0.4, 0.5) is 4.39 Å². The highest BCUT2D eigenvalue weighted by Gasteiger charge is 2.23. The Morgan fingerprint density at radius 1 is 1.73 bits per heavy atom. The van der Waals surface area contributed by atoms with Gasteiger partial charge in [-0.05, 0) is 31.4 Å². The van der Waals surface area contributed by atoms with Crippen LogP contribution in [0, 0.1) is 5.92 Å². The van der Waals surface area contributed by atoms with Crippen LogP contribution in [0.25, 0.3) is 0 Å². The van der Waals surface area contributed by atoms with Gasteiger partial charge in [-0.2, -0.15) is 11.8 Å². The van der Waals surface area contributed by atoms with Crippen molar-refractivity contribution in [2.45, 2.75) is 32.0 Å². The molecule has 0 aromatic carbocycles. The van der Waals surface area contributed by atoms with Crippen molar-refractivity contribution in [1.29, 1.82) is 0 Å². The molecule has 3 heteroatoms. The van der Waals surface area contributed by atoms with Crippen LogP contribution in [0.5, 0.6) is 0 Å². The van der Waals surface area contributed by atoms with Crippen LogP contribution in [0.1, 0.15) is 19.8 Å². The number of halogens is 1. The van der Waals surface area contributed by atoms with Gasteiger partial charge >= 0.3 is 0 Å². The van der Waals surface area contributed by atoms with E-state index >= 15 is 0 Å². The normalized spacial score (nSPS) is 35.2. The molecule has 1 aliphatic rings. The van der Waals surface area contributed by atoms with Gasteiger partial charge in [0.25, 0.3) is 0 Å². The van der Waals surface area contributed by atoms with E-state index in [4.69, 9.17) is 5.73 Å². The van der Waals surface area contributed by atoms with Gasteiger partial charge in [-0.25, -0.2) is 4.39 Å². The lowest BCUT2D eigenvalue weighted by molar-refractivity contribution is 0.264. The lowest BCUT2D eigenvalue weighted by atomic mass is 9.93. The Kier molecular flexibility index (Phi) is 3.66. The van der Waals surface area contributed by atoms with Gasteiger partial charge in [0.05, 0.1) is 6.17 Å². The van der Waals surface area contributed by atoms with E-state index in [9.17, 15) is 4.39 Å². The van der Waals surface area contributed by atoms with Crippen LogP contribution in [0.3, 0.4) is 0 Å². The number of rotatable bonds is 2. The summed E-state index contributed by atoms with van der Waals surface area (Å²) in [5.41, 5.74) is 5.84. The highest BCUT2D eigenvalue weighted by molar-refractivity contribution is 7.99. The summed E-state index contributed by atoms with van der Waals surface area (Å²) in [4.78, 5) is 0. The molecule has 1 fully saturated rings. The standard InChI is InChI=1S/C8H16FNS/c1-6(9)4-7-2-3-11-5-8(7)10/h6-8H,2-5,10H2,1H3. The average molecular weight is 177 g/mol. The Hall–Kier alpha value is 0.240. The molecule has 3 atom stereocenters. The van der Waals surface area contributed by atoms with Gasteiger partial charge < -0.3 is 5.73 Å². The molecule has 0 aliphatic carbocycles. The smallest absolute Gasteiger partial charge is 0.0976 e. The third-order valence-corrected chi connectivity index (χ3v) is 3.32. The van der Waals surface area contributed by atoms with E-state index in [0.29, 0.717) is 12.3 Å². The fraction of sp³-hybridized carbons (Fsp3) is 1.00. The molecule has 0 aromatic heterocycles. The van der Waals surface area contributed by atoms with E-state index in [0.717, 1.165) is 17.9 Å². The summed E-state index contributed by atoms with van der Waals surface area (Å²) in [6.07, 6.45) is 1.07. The summed E-state index contributed by atoms with van der Waals surface area (Å²) in [6, 6.07) is 0.229. The highest BCUT2D eigenvalue weighted by Crippen LogP contribution is 2.26. The minimum absolute atomic E-state index is 0.229. The van der Waals surface area contributed by atoms with Gasteiger partial charge in [0.1, 0.15) is 0 Å². The SMILES string of the molecule is CC(F)CC1CCSCC1N. The van der Waals surface area contributed by atoms with Crippen molar-refractivity contribution < 1.29 is 4.39 Å². The first-order valence-electron chi connectivity index (χ1n) is 4.17. The highest BCUT2D eigenvalue weighted by atomic mass is 32.2. The lowest BCUT2D eigenvalue weighted by Crippen LogP contribution is -2.37. The number of hydrogen-bond donors (Lipinski definition) is 1. The Labute approximate surface area is 71.9 Å². The quantitative estimate of drug-likeness (QED) is 0.696. The molecule has 0 radical (unpaired) electrons. The van der Waals surface area contributed by atoms with Crippen molar-refractivity contribution in [2.75, 3.05) is 11.5 Å². The number of hydrogen-bond acceptors (Lipinski definition) is 2. The molecule has 1 aliphatic heterocycles. The van der Waals surface area contributed by atoms with Crippen molar-refractivity contribution in [2.24, 2.45) is 11.7 Å². The fourth-order valence-electron chi connectivity index (χ4n) is 1.51. The van der Waals surface area contributed by atoms with Gasteiger partial charge in [0.15, 0.2) is 0 Å². The molecule has 66 valence electrons. The maximum absolute atomic E-state index is 12.6. The zero-order valence-electron chi connectivity index (χ0n) is 6.92. The van der Waals surface area contributed by atoms with E-state index in [1.807, 2.05) is 11.8 Å². The van der Waals surface area contributed by atoms with Crippen LogP contribution < -0.4 is 5.73 Å². The molecule has 0 spiro atoms. The molecular formula is C8H16FNS. The summed E-state index contributed by atoms with van der Waals surface area (Å²) >= 11 is 1.89. The predicted molar refractivity (Wildman–Crippen MR) is 48.6 cm³/mol. The Balaban J connectivity index is 2.29. The second kappa shape index (κ2) is 4.31. The van der Waals surface area contributed by atoms with Crippen molar-refractivity contribution in [3.8, 4) is 0 Å². The molecule has 0 saturated carbocycles. The number of thioether (sulfide) groups is 1. The van der Waals surface area contributed by atoms with E-state index in [1.54, 1.807) is 6.92 Å². The molecule has 0 bridgehead atoms. The van der Waals surface area contributed by atoms with Crippen LogP contribution in [0.15, 0.2) is 0 Å². The van der Waals surface area contributed by atoms with Crippen molar-refractivity contribution in [3.05, 3.63) is 0 Å². The van der Waals surface area contributed by atoms with Gasteiger partial charge in [0, 0.05) is 11.8 Å². The van der Waals surface area contributed by atoms with Crippen LogP contribution in [-0.2, 0) is 0 Å². The molecule has 0 aromatic rings. The van der Waals surface area contributed by atoms with E-state index in [1.165, 1.54) is 0 Å². The van der Waals surface area contributed by atoms with Crippen molar-refractivity contribution in [3.63, 3.8) is 0 Å². The monoisotopic (exact) mass is 177 g/mol. The van der Waals surface area contributed by atoms with Gasteiger partial charge in [0.2, 0.25) is 0 Å². The minimum atomic E-state index is -0.686. The van der Waals surface area contributed by atoms with Crippen molar-refractivity contribution in [1.82, 2.24) is 0 Å². The average Bonchev–Trinajstić information content (AvgIpc) is 1.93. The first-order chi connectivity index (χ1) is 5.20. The molecule has 1 nitrogen and oxygen atoms in total. The maximum atomic E-state index is 12.6. The third kappa shape index (κ3) is 2.99. The van der Waals surface area contributed by atoms with Gasteiger partial charge in [-0.1, -0.05) is 0 Å². The molecular weight excluding hydrogens is 161 g/mol. The second-order valence-corrected chi connectivity index (χ2v) is 4.45. The van der Waals surface area contributed by atoms with Crippen LogP contribution in [-0.4, -0.2) is 23.7 Å². The Bertz CT molecular complexity index is 119. The molecule has 11 heavy (non-hydrogen) atoms. The summed E-state index contributed by atoms with van der Waals surface area (Å²) in [7, 11) is 0.